The van der Waals surface area contributed by atoms with E-state index in [4.69, 9.17) is 4.74 Å². The van der Waals surface area contributed by atoms with Crippen molar-refractivity contribution in [1.82, 2.24) is 14.7 Å². The van der Waals surface area contributed by atoms with Crippen LogP contribution in [0.25, 0.3) is 11.1 Å². The maximum absolute atomic E-state index is 14.3. The van der Waals surface area contributed by atoms with Crippen molar-refractivity contribution in [3.63, 3.8) is 0 Å². The van der Waals surface area contributed by atoms with Gasteiger partial charge in [0.1, 0.15) is 23.0 Å². The SMILES string of the molecule is CC1(C)OC(=N[C@@H](CCO)c2ccccc2F)NS(=O)(=O)C1c1ccc(-c2cncnc2)cc1. The van der Waals surface area contributed by atoms with Crippen LogP contribution in [0.1, 0.15) is 42.7 Å². The second kappa shape index (κ2) is 9.47. The van der Waals surface area contributed by atoms with Gasteiger partial charge in [0.25, 0.3) is 6.02 Å². The van der Waals surface area contributed by atoms with E-state index in [0.717, 1.165) is 11.1 Å². The summed E-state index contributed by atoms with van der Waals surface area (Å²) in [5.41, 5.74) is 1.26. The number of nitrogens with zero attached hydrogens (tertiary/aromatic N) is 3. The molecule has 0 spiro atoms. The third-order valence-electron chi connectivity index (χ3n) is 5.58. The number of rotatable bonds is 6. The van der Waals surface area contributed by atoms with Crippen molar-refractivity contribution in [2.45, 2.75) is 37.2 Å². The zero-order chi connectivity index (χ0) is 24.3. The average Bonchev–Trinajstić information content (AvgIpc) is 2.79. The average molecular weight is 485 g/mol. The highest BCUT2D eigenvalue weighted by molar-refractivity contribution is 7.90. The van der Waals surface area contributed by atoms with Gasteiger partial charge in [-0.15, -0.1) is 0 Å². The highest BCUT2D eigenvalue weighted by Crippen LogP contribution is 2.39. The minimum absolute atomic E-state index is 0.101. The van der Waals surface area contributed by atoms with Crippen molar-refractivity contribution >= 4 is 16.0 Å². The standard InChI is InChI=1S/C24H25FN4O4S/c1-24(2)22(17-9-7-16(8-10-17)18-13-26-15-27-14-18)34(31,32)29-23(33-24)28-21(11-12-30)19-5-3-4-6-20(19)25/h3-10,13-15,21-22,30H,11-12H2,1-2H3,(H,28,29)/t21-,22?/m0/s1. The Morgan fingerprint density at radius 1 is 1.12 bits per heavy atom. The molecule has 2 N–H and O–H groups in total. The van der Waals surface area contributed by atoms with Crippen LogP contribution in [-0.4, -0.2) is 41.7 Å². The summed E-state index contributed by atoms with van der Waals surface area (Å²) in [6.45, 7) is 3.07. The number of hydrogen-bond donors (Lipinski definition) is 2. The van der Waals surface area contributed by atoms with Gasteiger partial charge in [0.05, 0.1) is 6.04 Å². The highest BCUT2D eigenvalue weighted by atomic mass is 32.2. The number of sulfonamides is 1. The number of benzene rings is 2. The number of amidine groups is 1. The second-order valence-corrected chi connectivity index (χ2v) is 10.2. The Balaban J connectivity index is 1.64. The molecule has 1 aromatic heterocycles. The molecule has 0 bridgehead atoms. The summed E-state index contributed by atoms with van der Waals surface area (Å²) in [5, 5.41) is 8.42. The lowest BCUT2D eigenvalue weighted by atomic mass is 9.96. The lowest BCUT2D eigenvalue weighted by Crippen LogP contribution is -2.53. The number of nitrogens with one attached hydrogen (secondary N) is 1. The number of aliphatic imine (C=N–C) groups is 1. The van der Waals surface area contributed by atoms with Crippen LogP contribution in [0.3, 0.4) is 0 Å². The maximum Gasteiger partial charge on any atom is 0.299 e. The Bertz CT molecular complexity index is 1280. The molecule has 2 atom stereocenters. The molecule has 178 valence electrons. The zero-order valence-electron chi connectivity index (χ0n) is 18.7. The van der Waals surface area contributed by atoms with Gasteiger partial charge in [-0.2, -0.15) is 0 Å². The van der Waals surface area contributed by atoms with E-state index in [-0.39, 0.29) is 24.6 Å². The molecule has 0 radical (unpaired) electrons. The Hall–Kier alpha value is -3.37. The third kappa shape index (κ3) is 4.92. The fraction of sp³-hybridized carbons (Fsp3) is 0.292. The zero-order valence-corrected chi connectivity index (χ0v) is 19.5. The molecule has 0 saturated carbocycles. The summed E-state index contributed by atoms with van der Waals surface area (Å²) in [6.07, 6.45) is 4.89. The molecule has 1 aliphatic heterocycles. The predicted octanol–water partition coefficient (Wildman–Crippen LogP) is 3.53. The van der Waals surface area contributed by atoms with Gasteiger partial charge >= 0.3 is 0 Å². The van der Waals surface area contributed by atoms with Crippen LogP contribution < -0.4 is 4.72 Å². The van der Waals surface area contributed by atoms with E-state index in [1.807, 2.05) is 0 Å². The summed E-state index contributed by atoms with van der Waals surface area (Å²) in [4.78, 5) is 12.3. The van der Waals surface area contributed by atoms with Crippen molar-refractivity contribution in [1.29, 1.82) is 0 Å². The number of aromatic nitrogens is 2. The first kappa shape index (κ1) is 23.8. The fourth-order valence-corrected chi connectivity index (χ4v) is 5.87. The molecular formula is C24H25FN4O4S. The molecule has 1 fully saturated rings. The monoisotopic (exact) mass is 484 g/mol. The quantitative estimate of drug-likeness (QED) is 0.553. The van der Waals surface area contributed by atoms with Crippen LogP contribution in [0.2, 0.25) is 0 Å². The molecule has 34 heavy (non-hydrogen) atoms. The molecule has 2 aromatic carbocycles. The van der Waals surface area contributed by atoms with E-state index < -0.39 is 32.7 Å². The number of aliphatic hydroxyl groups is 1. The first-order chi connectivity index (χ1) is 16.2. The van der Waals surface area contributed by atoms with E-state index in [1.165, 1.54) is 12.4 Å². The van der Waals surface area contributed by atoms with Gasteiger partial charge in [-0.25, -0.2) is 32.5 Å². The number of halogens is 1. The van der Waals surface area contributed by atoms with Crippen LogP contribution in [0.15, 0.2) is 72.2 Å². The Morgan fingerprint density at radius 2 is 1.79 bits per heavy atom. The molecule has 4 rings (SSSR count). The maximum atomic E-state index is 14.3. The Kier molecular flexibility index (Phi) is 6.63. The number of aliphatic hydroxyl groups excluding tert-OH is 1. The lowest BCUT2D eigenvalue weighted by molar-refractivity contribution is 0.0758. The van der Waals surface area contributed by atoms with Crippen LogP contribution >= 0.6 is 0 Å². The van der Waals surface area contributed by atoms with Crippen LogP contribution in [-0.2, 0) is 14.8 Å². The third-order valence-corrected chi connectivity index (χ3v) is 7.50. The Morgan fingerprint density at radius 3 is 2.41 bits per heavy atom. The smallest absolute Gasteiger partial charge is 0.299 e. The molecule has 10 heteroatoms. The molecule has 0 aliphatic carbocycles. The van der Waals surface area contributed by atoms with E-state index in [1.54, 1.807) is 68.7 Å². The molecule has 1 unspecified atom stereocenters. The van der Waals surface area contributed by atoms with E-state index >= 15 is 0 Å². The highest BCUT2D eigenvalue weighted by Gasteiger charge is 2.48. The van der Waals surface area contributed by atoms with Crippen molar-refractivity contribution in [3.8, 4) is 11.1 Å². The number of ether oxygens (including phenoxy) is 1. The summed E-state index contributed by atoms with van der Waals surface area (Å²) in [5.74, 6) is -0.495. The van der Waals surface area contributed by atoms with Crippen molar-refractivity contribution in [2.75, 3.05) is 6.61 Å². The molecule has 0 amide bonds. The van der Waals surface area contributed by atoms with Gasteiger partial charge in [-0.3, -0.25) is 0 Å². The second-order valence-electron chi connectivity index (χ2n) is 8.47. The molecular weight excluding hydrogens is 459 g/mol. The minimum atomic E-state index is -3.95. The van der Waals surface area contributed by atoms with Crippen molar-refractivity contribution < 1.29 is 22.7 Å². The van der Waals surface area contributed by atoms with Crippen LogP contribution in [0, 0.1) is 5.82 Å². The normalized spacial score (nSPS) is 20.8. The van der Waals surface area contributed by atoms with Gasteiger partial charge in [0.15, 0.2) is 0 Å². The lowest BCUT2D eigenvalue weighted by Gasteiger charge is -2.39. The molecule has 1 aliphatic rings. The van der Waals surface area contributed by atoms with E-state index in [9.17, 15) is 17.9 Å². The van der Waals surface area contributed by atoms with Crippen molar-refractivity contribution in [3.05, 3.63) is 84.2 Å². The summed E-state index contributed by atoms with van der Waals surface area (Å²) < 4.78 is 49.3. The van der Waals surface area contributed by atoms with Gasteiger partial charge in [-0.05, 0) is 37.5 Å². The molecule has 2 heterocycles. The largest absolute Gasteiger partial charge is 0.457 e. The van der Waals surface area contributed by atoms with E-state index in [0.29, 0.717) is 5.56 Å². The number of hydrogen-bond acceptors (Lipinski definition) is 7. The first-order valence-corrected chi connectivity index (χ1v) is 12.2. The van der Waals surface area contributed by atoms with Crippen LogP contribution in [0.5, 0.6) is 0 Å². The first-order valence-electron chi connectivity index (χ1n) is 10.7. The summed E-state index contributed by atoms with van der Waals surface area (Å²) in [6, 6.07) is 12.1. The molecule has 8 nitrogen and oxygen atoms in total. The fourth-order valence-electron chi connectivity index (χ4n) is 4.11. The Labute approximate surface area is 197 Å². The van der Waals surface area contributed by atoms with Gasteiger partial charge in [-0.1, -0.05) is 42.5 Å². The predicted molar refractivity (Wildman–Crippen MR) is 126 cm³/mol. The van der Waals surface area contributed by atoms with Gasteiger partial charge in [0, 0.05) is 30.1 Å². The minimum Gasteiger partial charge on any atom is -0.457 e. The summed E-state index contributed by atoms with van der Waals surface area (Å²) in [7, 11) is -3.95. The van der Waals surface area contributed by atoms with E-state index in [2.05, 4.69) is 19.7 Å². The van der Waals surface area contributed by atoms with Crippen LogP contribution in [0.4, 0.5) is 4.39 Å². The van der Waals surface area contributed by atoms with Crippen molar-refractivity contribution in [2.24, 2.45) is 4.99 Å². The van der Waals surface area contributed by atoms with Gasteiger partial charge < -0.3 is 9.84 Å². The molecule has 3 aromatic rings. The molecule has 1 saturated heterocycles. The van der Waals surface area contributed by atoms with Gasteiger partial charge in [0.2, 0.25) is 10.0 Å². The topological polar surface area (TPSA) is 114 Å². The summed E-state index contributed by atoms with van der Waals surface area (Å²) >= 11 is 0.